The van der Waals surface area contributed by atoms with Crippen LogP contribution in [0.25, 0.3) is 0 Å². The number of halogens is 1. The summed E-state index contributed by atoms with van der Waals surface area (Å²) in [7, 11) is 0. The predicted octanol–water partition coefficient (Wildman–Crippen LogP) is 1.15. The topological polar surface area (TPSA) is 75.3 Å². The van der Waals surface area contributed by atoms with Crippen LogP contribution in [-0.2, 0) is 0 Å². The van der Waals surface area contributed by atoms with Crippen molar-refractivity contribution in [3.05, 3.63) is 29.6 Å². The Morgan fingerprint density at radius 3 is 2.71 bits per heavy atom. The molecule has 4 N–H and O–H groups in total. The van der Waals surface area contributed by atoms with Crippen LogP contribution in [0, 0.1) is 11.7 Å². The molecule has 94 valence electrons. The number of aliphatic hydroxyl groups is 1. The molecule has 0 aliphatic rings. The summed E-state index contributed by atoms with van der Waals surface area (Å²) in [5.74, 6) is -0.917. The fourth-order valence-electron chi connectivity index (χ4n) is 1.28. The summed E-state index contributed by atoms with van der Waals surface area (Å²) >= 11 is 0. The summed E-state index contributed by atoms with van der Waals surface area (Å²) < 4.78 is 12.9. The van der Waals surface area contributed by atoms with Crippen LogP contribution >= 0.6 is 0 Å². The Kier molecular flexibility index (Phi) is 4.45. The van der Waals surface area contributed by atoms with Crippen LogP contribution in [-0.4, -0.2) is 23.7 Å². The Bertz CT molecular complexity index is 409. The van der Waals surface area contributed by atoms with Crippen LogP contribution < -0.4 is 11.1 Å². The largest absolute Gasteiger partial charge is 0.396 e. The first-order valence-electron chi connectivity index (χ1n) is 5.42. The number of rotatable bonds is 4. The summed E-state index contributed by atoms with van der Waals surface area (Å²) in [4.78, 5) is 11.8. The molecule has 0 aliphatic carbocycles. The Hall–Kier alpha value is -1.62. The van der Waals surface area contributed by atoms with E-state index < -0.39 is 5.82 Å². The minimum absolute atomic E-state index is 0.00694. The van der Waals surface area contributed by atoms with Crippen molar-refractivity contribution in [3.63, 3.8) is 0 Å². The van der Waals surface area contributed by atoms with E-state index in [9.17, 15) is 9.18 Å². The lowest BCUT2D eigenvalue weighted by Crippen LogP contribution is -2.38. The molecule has 0 bridgehead atoms. The second-order valence-electron chi connectivity index (χ2n) is 4.16. The number of hydrogen-bond acceptors (Lipinski definition) is 3. The van der Waals surface area contributed by atoms with Crippen LogP contribution in [0.2, 0.25) is 0 Å². The highest BCUT2D eigenvalue weighted by Crippen LogP contribution is 2.12. The summed E-state index contributed by atoms with van der Waals surface area (Å²) in [6.45, 7) is 3.61. The van der Waals surface area contributed by atoms with Gasteiger partial charge in [-0.05, 0) is 31.0 Å². The van der Waals surface area contributed by atoms with Crippen LogP contribution in [0.15, 0.2) is 18.2 Å². The lowest BCUT2D eigenvalue weighted by molar-refractivity contribution is 0.0916. The third-order valence-electron chi connectivity index (χ3n) is 2.76. The monoisotopic (exact) mass is 240 g/mol. The van der Waals surface area contributed by atoms with E-state index in [1.807, 2.05) is 6.92 Å². The summed E-state index contributed by atoms with van der Waals surface area (Å²) in [5.41, 5.74) is 5.63. The van der Waals surface area contributed by atoms with Crippen molar-refractivity contribution < 1.29 is 14.3 Å². The molecular formula is C12H17FN2O2. The second kappa shape index (κ2) is 5.63. The van der Waals surface area contributed by atoms with Crippen LogP contribution in [0.3, 0.4) is 0 Å². The highest BCUT2D eigenvalue weighted by Gasteiger charge is 2.15. The number of anilines is 1. The first kappa shape index (κ1) is 13.4. The number of nitrogens with two attached hydrogens (primary N) is 1. The number of amides is 1. The average Bonchev–Trinajstić information content (AvgIpc) is 2.31. The van der Waals surface area contributed by atoms with Crippen molar-refractivity contribution in [1.82, 2.24) is 5.32 Å². The Labute approximate surface area is 99.6 Å². The summed E-state index contributed by atoms with van der Waals surface area (Å²) in [6.07, 6.45) is 0. The first-order valence-corrected chi connectivity index (χ1v) is 5.42. The van der Waals surface area contributed by atoms with E-state index in [4.69, 9.17) is 10.8 Å². The SMILES string of the molecule is CC(CO)C(C)NC(=O)c1ccc(F)c(N)c1. The Morgan fingerprint density at radius 1 is 1.53 bits per heavy atom. The van der Waals surface area contributed by atoms with E-state index in [-0.39, 0.29) is 30.2 Å². The minimum atomic E-state index is -0.543. The van der Waals surface area contributed by atoms with Crippen molar-refractivity contribution in [2.45, 2.75) is 19.9 Å². The number of carbonyl (C=O) groups excluding carboxylic acids is 1. The zero-order valence-electron chi connectivity index (χ0n) is 9.90. The molecule has 1 aromatic carbocycles. The molecule has 1 rings (SSSR count). The van der Waals surface area contributed by atoms with Gasteiger partial charge < -0.3 is 16.2 Å². The number of nitrogens with one attached hydrogen (secondary N) is 1. The molecule has 1 aromatic rings. The molecule has 0 aliphatic heterocycles. The minimum Gasteiger partial charge on any atom is -0.396 e. The van der Waals surface area contributed by atoms with Gasteiger partial charge in [0.1, 0.15) is 5.82 Å². The van der Waals surface area contributed by atoms with Gasteiger partial charge >= 0.3 is 0 Å². The third-order valence-corrected chi connectivity index (χ3v) is 2.76. The number of carbonyl (C=O) groups is 1. The van der Waals surface area contributed by atoms with Gasteiger partial charge in [-0.25, -0.2) is 4.39 Å². The molecule has 0 spiro atoms. The lowest BCUT2D eigenvalue weighted by Gasteiger charge is -2.19. The maximum Gasteiger partial charge on any atom is 0.251 e. The first-order chi connectivity index (χ1) is 7.95. The second-order valence-corrected chi connectivity index (χ2v) is 4.16. The van der Waals surface area contributed by atoms with Gasteiger partial charge in [0.2, 0.25) is 0 Å². The van der Waals surface area contributed by atoms with Crippen LogP contribution in [0.5, 0.6) is 0 Å². The van der Waals surface area contributed by atoms with E-state index in [0.29, 0.717) is 5.56 Å². The van der Waals surface area contributed by atoms with E-state index in [1.54, 1.807) is 6.92 Å². The quantitative estimate of drug-likeness (QED) is 0.691. The molecule has 0 aromatic heterocycles. The smallest absolute Gasteiger partial charge is 0.251 e. The molecule has 17 heavy (non-hydrogen) atoms. The molecule has 1 amide bonds. The molecule has 2 atom stereocenters. The van der Waals surface area contributed by atoms with Gasteiger partial charge in [-0.1, -0.05) is 6.92 Å². The molecule has 0 saturated carbocycles. The lowest BCUT2D eigenvalue weighted by atomic mass is 10.0. The Morgan fingerprint density at radius 2 is 2.18 bits per heavy atom. The average molecular weight is 240 g/mol. The number of aliphatic hydroxyl groups excluding tert-OH is 1. The van der Waals surface area contributed by atoms with Crippen molar-refractivity contribution >= 4 is 11.6 Å². The van der Waals surface area contributed by atoms with Crippen molar-refractivity contribution in [3.8, 4) is 0 Å². The maximum atomic E-state index is 12.9. The number of hydrogen-bond donors (Lipinski definition) is 3. The van der Waals surface area contributed by atoms with Crippen LogP contribution in [0.1, 0.15) is 24.2 Å². The zero-order valence-corrected chi connectivity index (χ0v) is 9.90. The van der Waals surface area contributed by atoms with Gasteiger partial charge in [-0.15, -0.1) is 0 Å². The highest BCUT2D eigenvalue weighted by molar-refractivity contribution is 5.95. The normalized spacial score (nSPS) is 14.1. The molecule has 0 heterocycles. The molecule has 4 nitrogen and oxygen atoms in total. The third kappa shape index (κ3) is 3.42. The van der Waals surface area contributed by atoms with Gasteiger partial charge in [0.15, 0.2) is 0 Å². The van der Waals surface area contributed by atoms with Crippen molar-refractivity contribution in [2.75, 3.05) is 12.3 Å². The van der Waals surface area contributed by atoms with E-state index in [1.165, 1.54) is 12.1 Å². The summed E-state index contributed by atoms with van der Waals surface area (Å²) in [5, 5.41) is 11.7. The van der Waals surface area contributed by atoms with Crippen molar-refractivity contribution in [2.24, 2.45) is 5.92 Å². The maximum absolute atomic E-state index is 12.9. The van der Waals surface area contributed by atoms with Crippen LogP contribution in [0.4, 0.5) is 10.1 Å². The van der Waals surface area contributed by atoms with E-state index in [2.05, 4.69) is 5.32 Å². The van der Waals surface area contributed by atoms with Gasteiger partial charge in [-0.3, -0.25) is 4.79 Å². The van der Waals surface area contributed by atoms with E-state index in [0.717, 1.165) is 6.07 Å². The number of nitrogen functional groups attached to an aromatic ring is 1. The molecule has 0 fully saturated rings. The molecular weight excluding hydrogens is 223 g/mol. The predicted molar refractivity (Wildman–Crippen MR) is 64.0 cm³/mol. The van der Waals surface area contributed by atoms with Gasteiger partial charge in [-0.2, -0.15) is 0 Å². The van der Waals surface area contributed by atoms with Crippen molar-refractivity contribution in [1.29, 1.82) is 0 Å². The van der Waals surface area contributed by atoms with E-state index >= 15 is 0 Å². The molecule has 5 heteroatoms. The van der Waals surface area contributed by atoms with Gasteiger partial charge in [0, 0.05) is 18.2 Å². The van der Waals surface area contributed by atoms with Gasteiger partial charge in [0.05, 0.1) is 5.69 Å². The summed E-state index contributed by atoms with van der Waals surface area (Å²) in [6, 6.07) is 3.65. The number of benzene rings is 1. The molecule has 0 radical (unpaired) electrons. The highest BCUT2D eigenvalue weighted by atomic mass is 19.1. The van der Waals surface area contributed by atoms with Gasteiger partial charge in [0.25, 0.3) is 5.91 Å². The standard InChI is InChI=1S/C12H17FN2O2/c1-7(6-16)8(2)15-12(17)9-3-4-10(13)11(14)5-9/h3-5,7-8,16H,6,14H2,1-2H3,(H,15,17). The Balaban J connectivity index is 2.73. The zero-order chi connectivity index (χ0) is 13.0. The fourth-order valence-corrected chi connectivity index (χ4v) is 1.28. The molecule has 0 saturated heterocycles. The fraction of sp³-hybridized carbons (Fsp3) is 0.417. The molecule has 2 unspecified atom stereocenters.